The maximum Gasteiger partial charge on any atom is 0.155 e. The second-order valence-electron chi connectivity index (χ2n) is 4.27. The molecule has 0 aromatic carbocycles. The van der Waals surface area contributed by atoms with E-state index in [9.17, 15) is 4.79 Å². The number of hydrogen-bond acceptors (Lipinski definition) is 1. The molecular formula is C9H10BrCl3O. The molecule has 2 saturated carbocycles. The molecular weight excluding hydrogens is 310 g/mol. The van der Waals surface area contributed by atoms with Gasteiger partial charge in [0.1, 0.15) is 0 Å². The zero-order valence-electron chi connectivity index (χ0n) is 7.57. The Labute approximate surface area is 107 Å². The molecule has 5 heteroatoms. The van der Waals surface area contributed by atoms with E-state index in [-0.39, 0.29) is 27.8 Å². The van der Waals surface area contributed by atoms with Crippen LogP contribution in [0.1, 0.15) is 13.3 Å². The van der Waals surface area contributed by atoms with Crippen molar-refractivity contribution in [3.63, 3.8) is 0 Å². The zero-order chi connectivity index (χ0) is 10.7. The Morgan fingerprint density at radius 2 is 2.21 bits per heavy atom. The van der Waals surface area contributed by atoms with Crippen LogP contribution in [0.25, 0.3) is 0 Å². The number of carbonyl (C=O) groups excluding carboxylic acids is 1. The molecule has 80 valence electrons. The Morgan fingerprint density at radius 3 is 2.57 bits per heavy atom. The van der Waals surface area contributed by atoms with Crippen LogP contribution in [-0.4, -0.2) is 26.7 Å². The van der Waals surface area contributed by atoms with Gasteiger partial charge in [0.15, 0.2) is 5.78 Å². The molecule has 0 saturated heterocycles. The van der Waals surface area contributed by atoms with Gasteiger partial charge in [-0.25, -0.2) is 0 Å². The third-order valence-corrected chi connectivity index (χ3v) is 6.88. The van der Waals surface area contributed by atoms with Gasteiger partial charge in [0.05, 0.1) is 15.1 Å². The van der Waals surface area contributed by atoms with E-state index in [0.717, 1.165) is 6.42 Å². The number of halogens is 4. The van der Waals surface area contributed by atoms with Crippen LogP contribution >= 0.6 is 50.7 Å². The van der Waals surface area contributed by atoms with Crippen molar-refractivity contribution >= 4 is 56.5 Å². The third-order valence-electron chi connectivity index (χ3n) is 3.85. The van der Waals surface area contributed by atoms with E-state index in [2.05, 4.69) is 15.9 Å². The van der Waals surface area contributed by atoms with Crippen LogP contribution in [0.2, 0.25) is 0 Å². The summed E-state index contributed by atoms with van der Waals surface area (Å²) in [6, 6.07) is 0. The number of carbonyl (C=O) groups is 1. The second kappa shape index (κ2) is 3.26. The molecule has 0 heterocycles. The van der Waals surface area contributed by atoms with Gasteiger partial charge >= 0.3 is 0 Å². The van der Waals surface area contributed by atoms with Crippen molar-refractivity contribution in [1.82, 2.24) is 0 Å². The summed E-state index contributed by atoms with van der Waals surface area (Å²) in [4.78, 5) is 11.1. The van der Waals surface area contributed by atoms with Gasteiger partial charge in [0, 0.05) is 17.2 Å². The normalized spacial score (nSPS) is 56.9. The Bertz CT molecular complexity index is 298. The summed E-state index contributed by atoms with van der Waals surface area (Å²) in [5.74, 6) is 0.429. The van der Waals surface area contributed by atoms with Gasteiger partial charge in [0.2, 0.25) is 0 Å². The van der Waals surface area contributed by atoms with Crippen LogP contribution < -0.4 is 0 Å². The smallest absolute Gasteiger partial charge is 0.155 e. The summed E-state index contributed by atoms with van der Waals surface area (Å²) in [6.45, 7) is 1.84. The molecule has 0 N–H and O–H groups in total. The van der Waals surface area contributed by atoms with Gasteiger partial charge in [-0.05, 0) is 13.3 Å². The summed E-state index contributed by atoms with van der Waals surface area (Å²) >= 11 is 22.0. The lowest BCUT2D eigenvalue weighted by molar-refractivity contribution is -0.125. The molecule has 2 aliphatic carbocycles. The van der Waals surface area contributed by atoms with Crippen LogP contribution in [0, 0.1) is 11.3 Å². The van der Waals surface area contributed by atoms with E-state index in [1.54, 1.807) is 0 Å². The lowest BCUT2D eigenvalue weighted by Gasteiger charge is -2.34. The molecule has 2 bridgehead atoms. The van der Waals surface area contributed by atoms with Crippen molar-refractivity contribution in [1.29, 1.82) is 0 Å². The molecule has 2 fully saturated rings. The largest absolute Gasteiger partial charge is 0.298 e. The number of alkyl halides is 4. The first-order valence-electron chi connectivity index (χ1n) is 4.47. The lowest BCUT2D eigenvalue weighted by Crippen LogP contribution is -2.45. The summed E-state index contributed by atoms with van der Waals surface area (Å²) in [5.41, 5.74) is -0.684. The standard InChI is InChI=1S/C9H10BrCl3O/c1-8-5(12)2-4(6(10)7(8)14)9(8,13)3-11/h4-6H,2-3H2,1H3. The fourth-order valence-corrected chi connectivity index (χ4v) is 5.47. The average Bonchev–Trinajstić information content (AvgIpc) is 2.44. The molecule has 2 rings (SSSR count). The molecule has 2 aliphatic rings. The van der Waals surface area contributed by atoms with Crippen LogP contribution in [0.5, 0.6) is 0 Å². The SMILES string of the molecule is CC12C(=O)C(Br)C(CC1Cl)C2(Cl)CCl. The molecule has 14 heavy (non-hydrogen) atoms. The van der Waals surface area contributed by atoms with Crippen LogP contribution in [0.4, 0.5) is 0 Å². The fraction of sp³-hybridized carbons (Fsp3) is 0.889. The highest BCUT2D eigenvalue weighted by Crippen LogP contribution is 2.65. The number of rotatable bonds is 1. The maximum absolute atomic E-state index is 12.0. The summed E-state index contributed by atoms with van der Waals surface area (Å²) in [7, 11) is 0. The zero-order valence-corrected chi connectivity index (χ0v) is 11.4. The topological polar surface area (TPSA) is 17.1 Å². The lowest BCUT2D eigenvalue weighted by atomic mass is 9.80. The minimum Gasteiger partial charge on any atom is -0.298 e. The average molecular weight is 320 g/mol. The van der Waals surface area contributed by atoms with E-state index in [1.807, 2.05) is 6.92 Å². The first-order chi connectivity index (χ1) is 6.39. The molecule has 1 nitrogen and oxygen atoms in total. The minimum atomic E-state index is -0.684. The summed E-state index contributed by atoms with van der Waals surface area (Å²) in [5, 5.41) is -0.190. The van der Waals surface area contributed by atoms with E-state index in [0.29, 0.717) is 0 Å². The van der Waals surface area contributed by atoms with Gasteiger partial charge in [-0.15, -0.1) is 34.8 Å². The summed E-state index contributed by atoms with van der Waals surface area (Å²) < 4.78 is 0. The molecule has 0 aromatic heterocycles. The van der Waals surface area contributed by atoms with Crippen molar-refractivity contribution < 1.29 is 4.79 Å². The number of fused-ring (bicyclic) bond motifs is 2. The quantitative estimate of drug-likeness (QED) is 0.678. The van der Waals surface area contributed by atoms with Crippen molar-refractivity contribution in [2.75, 3.05) is 5.88 Å². The predicted octanol–water partition coefficient (Wildman–Crippen LogP) is 3.18. The Kier molecular flexibility index (Phi) is 2.67. The molecule has 5 atom stereocenters. The monoisotopic (exact) mass is 318 g/mol. The number of hydrogen-bond donors (Lipinski definition) is 0. The Hall–Kier alpha value is 1.02. The highest BCUT2D eigenvalue weighted by molar-refractivity contribution is 9.10. The second-order valence-corrected chi connectivity index (χ2v) is 6.73. The van der Waals surface area contributed by atoms with Gasteiger partial charge in [-0.3, -0.25) is 4.79 Å². The number of Topliss-reactive ketones (excluding diaryl/α,β-unsaturated/α-hetero) is 1. The molecule has 0 radical (unpaired) electrons. The van der Waals surface area contributed by atoms with E-state index in [1.165, 1.54) is 0 Å². The van der Waals surface area contributed by atoms with Gasteiger partial charge in [-0.2, -0.15) is 0 Å². The predicted molar refractivity (Wildman–Crippen MR) is 62.9 cm³/mol. The molecule has 0 amide bonds. The highest BCUT2D eigenvalue weighted by Gasteiger charge is 2.73. The maximum atomic E-state index is 12.0. The van der Waals surface area contributed by atoms with Crippen molar-refractivity contribution in [3.8, 4) is 0 Å². The molecule has 0 spiro atoms. The van der Waals surface area contributed by atoms with Gasteiger partial charge in [0.25, 0.3) is 0 Å². The molecule has 0 aromatic rings. The van der Waals surface area contributed by atoms with Crippen molar-refractivity contribution in [2.45, 2.75) is 28.4 Å². The molecule has 5 unspecified atom stereocenters. The van der Waals surface area contributed by atoms with E-state index in [4.69, 9.17) is 34.8 Å². The van der Waals surface area contributed by atoms with Gasteiger partial charge < -0.3 is 0 Å². The van der Waals surface area contributed by atoms with Crippen molar-refractivity contribution in [2.24, 2.45) is 11.3 Å². The Morgan fingerprint density at radius 1 is 1.64 bits per heavy atom. The van der Waals surface area contributed by atoms with Crippen LogP contribution in [-0.2, 0) is 4.79 Å². The van der Waals surface area contributed by atoms with Crippen LogP contribution in [0.3, 0.4) is 0 Å². The minimum absolute atomic E-state index is 0.0571. The highest BCUT2D eigenvalue weighted by atomic mass is 79.9. The van der Waals surface area contributed by atoms with E-state index >= 15 is 0 Å². The van der Waals surface area contributed by atoms with E-state index < -0.39 is 10.3 Å². The first kappa shape index (κ1) is 11.5. The van der Waals surface area contributed by atoms with Crippen LogP contribution in [0.15, 0.2) is 0 Å². The number of ketones is 1. The fourth-order valence-electron chi connectivity index (χ4n) is 2.71. The van der Waals surface area contributed by atoms with Crippen molar-refractivity contribution in [3.05, 3.63) is 0 Å². The summed E-state index contributed by atoms with van der Waals surface area (Å²) in [6.07, 6.45) is 0.760. The third kappa shape index (κ3) is 1.02. The Balaban J connectivity index is 2.53. The first-order valence-corrected chi connectivity index (χ1v) is 6.73. The van der Waals surface area contributed by atoms with Gasteiger partial charge in [-0.1, -0.05) is 15.9 Å². The molecule has 0 aliphatic heterocycles.